The Morgan fingerprint density at radius 2 is 2.44 bits per heavy atom. The summed E-state index contributed by atoms with van der Waals surface area (Å²) in [5.41, 5.74) is 0. The molecule has 0 aromatic carbocycles. The van der Waals surface area contributed by atoms with Gasteiger partial charge in [0.1, 0.15) is 0 Å². The van der Waals surface area contributed by atoms with Crippen molar-refractivity contribution in [2.75, 3.05) is 12.4 Å². The molecule has 0 bridgehead atoms. The number of aryl methyl sites for hydroxylation is 1. The topological polar surface area (TPSA) is 90.1 Å². The molecule has 90 valence electrons. The number of rotatable bonds is 6. The largest absolute Gasteiger partial charge is 0.466 e. The summed E-state index contributed by atoms with van der Waals surface area (Å²) >= 11 is 1.29. The Morgan fingerprint density at radius 3 is 3.00 bits per heavy atom. The van der Waals surface area contributed by atoms with Crippen LogP contribution in [0.1, 0.15) is 13.3 Å². The summed E-state index contributed by atoms with van der Waals surface area (Å²) in [6, 6.07) is 0. The zero-order chi connectivity index (χ0) is 12.0. The molecule has 0 aliphatic carbocycles. The van der Waals surface area contributed by atoms with Gasteiger partial charge in [0, 0.05) is 12.8 Å². The van der Waals surface area contributed by atoms with Crippen LogP contribution in [0.25, 0.3) is 0 Å². The van der Waals surface area contributed by atoms with Crippen molar-refractivity contribution in [2.45, 2.75) is 24.6 Å². The number of tetrazole rings is 1. The Morgan fingerprint density at radius 1 is 1.69 bits per heavy atom. The lowest BCUT2D eigenvalue weighted by molar-refractivity contribution is -0.144. The fraction of sp³-hybridized carbons (Fsp3) is 0.750. The molecule has 1 unspecified atom stereocenters. The Bertz CT molecular complexity index is 344. The van der Waals surface area contributed by atoms with Crippen molar-refractivity contribution >= 4 is 17.7 Å². The van der Waals surface area contributed by atoms with Crippen LogP contribution in [0.4, 0.5) is 0 Å². The summed E-state index contributed by atoms with van der Waals surface area (Å²) in [5, 5.41) is 21.0. The summed E-state index contributed by atoms with van der Waals surface area (Å²) in [4.78, 5) is 11.0. The lowest BCUT2D eigenvalue weighted by Gasteiger charge is -2.08. The molecule has 1 aromatic heterocycles. The van der Waals surface area contributed by atoms with E-state index in [1.807, 2.05) is 0 Å². The second-order valence-electron chi connectivity index (χ2n) is 3.06. The van der Waals surface area contributed by atoms with E-state index in [1.165, 1.54) is 16.4 Å². The standard InChI is InChI=1S/C8H14N4O3S/c1-3-15-7(14)4-6(13)5-16-8-9-10-11-12(8)2/h6,13H,3-5H2,1-2H3. The van der Waals surface area contributed by atoms with Crippen molar-refractivity contribution in [3.63, 3.8) is 0 Å². The van der Waals surface area contributed by atoms with Crippen molar-refractivity contribution in [1.29, 1.82) is 0 Å². The Balaban J connectivity index is 2.27. The number of aromatic nitrogens is 4. The fourth-order valence-electron chi connectivity index (χ4n) is 0.985. The molecule has 1 rings (SSSR count). The van der Waals surface area contributed by atoms with E-state index in [9.17, 15) is 9.90 Å². The number of ether oxygens (including phenoxy) is 1. The average Bonchev–Trinajstić information content (AvgIpc) is 2.61. The van der Waals surface area contributed by atoms with E-state index in [1.54, 1.807) is 14.0 Å². The Kier molecular flexibility index (Phi) is 5.20. The van der Waals surface area contributed by atoms with Crippen LogP contribution in [0.3, 0.4) is 0 Å². The van der Waals surface area contributed by atoms with Crippen LogP contribution < -0.4 is 0 Å². The van der Waals surface area contributed by atoms with E-state index in [0.717, 1.165) is 0 Å². The van der Waals surface area contributed by atoms with Crippen LogP contribution in [0.2, 0.25) is 0 Å². The number of nitrogens with zero attached hydrogens (tertiary/aromatic N) is 4. The third-order valence-corrected chi connectivity index (χ3v) is 2.85. The molecule has 16 heavy (non-hydrogen) atoms. The molecule has 1 N–H and O–H groups in total. The van der Waals surface area contributed by atoms with E-state index < -0.39 is 12.1 Å². The number of hydrogen-bond acceptors (Lipinski definition) is 7. The van der Waals surface area contributed by atoms with Crippen molar-refractivity contribution in [2.24, 2.45) is 7.05 Å². The zero-order valence-electron chi connectivity index (χ0n) is 9.16. The van der Waals surface area contributed by atoms with Gasteiger partial charge in [-0.15, -0.1) is 5.10 Å². The maximum atomic E-state index is 11.0. The van der Waals surface area contributed by atoms with Gasteiger partial charge >= 0.3 is 5.97 Å². The second kappa shape index (κ2) is 6.44. The monoisotopic (exact) mass is 246 g/mol. The highest BCUT2D eigenvalue weighted by Gasteiger charge is 2.13. The number of carbonyl (C=O) groups is 1. The first-order valence-corrected chi connectivity index (χ1v) is 5.81. The molecule has 0 saturated heterocycles. The number of thioether (sulfide) groups is 1. The zero-order valence-corrected chi connectivity index (χ0v) is 9.98. The van der Waals surface area contributed by atoms with Crippen LogP contribution in [-0.4, -0.2) is 49.7 Å². The average molecular weight is 246 g/mol. The lowest BCUT2D eigenvalue weighted by atomic mass is 10.3. The minimum absolute atomic E-state index is 0.00782. The van der Waals surface area contributed by atoms with Gasteiger partial charge in [-0.05, 0) is 17.4 Å². The highest BCUT2D eigenvalue weighted by Crippen LogP contribution is 2.14. The predicted octanol–water partition coefficient (Wildman–Crippen LogP) is -0.384. The molecule has 1 atom stereocenters. The van der Waals surface area contributed by atoms with Gasteiger partial charge in [-0.25, -0.2) is 4.68 Å². The molecular formula is C8H14N4O3S. The predicted molar refractivity (Wildman–Crippen MR) is 56.8 cm³/mol. The molecule has 7 nitrogen and oxygen atoms in total. The summed E-state index contributed by atoms with van der Waals surface area (Å²) < 4.78 is 6.22. The molecule has 0 amide bonds. The minimum atomic E-state index is -0.749. The van der Waals surface area contributed by atoms with Gasteiger partial charge in [0.15, 0.2) is 0 Å². The van der Waals surface area contributed by atoms with Crippen LogP contribution in [0.5, 0.6) is 0 Å². The highest BCUT2D eigenvalue weighted by molar-refractivity contribution is 7.99. The van der Waals surface area contributed by atoms with E-state index in [2.05, 4.69) is 15.5 Å². The molecular weight excluding hydrogens is 232 g/mol. The maximum Gasteiger partial charge on any atom is 0.308 e. The van der Waals surface area contributed by atoms with Crippen LogP contribution in [-0.2, 0) is 16.6 Å². The first kappa shape index (κ1) is 12.9. The fourth-order valence-corrected chi connectivity index (χ4v) is 1.76. The van der Waals surface area contributed by atoms with Gasteiger partial charge in [0.2, 0.25) is 5.16 Å². The summed E-state index contributed by atoms with van der Waals surface area (Å²) in [6.45, 7) is 2.05. The van der Waals surface area contributed by atoms with E-state index in [0.29, 0.717) is 17.5 Å². The third-order valence-electron chi connectivity index (χ3n) is 1.69. The van der Waals surface area contributed by atoms with E-state index in [4.69, 9.17) is 4.74 Å². The molecule has 0 aliphatic rings. The third kappa shape index (κ3) is 4.15. The number of carbonyl (C=O) groups excluding carboxylic acids is 1. The van der Waals surface area contributed by atoms with Crippen molar-refractivity contribution < 1.29 is 14.6 Å². The number of aliphatic hydroxyl groups excluding tert-OH is 1. The van der Waals surface area contributed by atoms with Gasteiger partial charge in [0.25, 0.3) is 0 Å². The summed E-state index contributed by atoms with van der Waals surface area (Å²) in [6.07, 6.45) is -0.757. The quantitative estimate of drug-likeness (QED) is 0.540. The molecule has 0 fully saturated rings. The van der Waals surface area contributed by atoms with Crippen molar-refractivity contribution in [3.05, 3.63) is 0 Å². The van der Waals surface area contributed by atoms with Crippen LogP contribution >= 0.6 is 11.8 Å². The molecule has 0 saturated carbocycles. The van der Waals surface area contributed by atoms with Crippen LogP contribution in [0, 0.1) is 0 Å². The normalized spacial score (nSPS) is 12.4. The van der Waals surface area contributed by atoms with Gasteiger partial charge in [-0.3, -0.25) is 4.79 Å². The minimum Gasteiger partial charge on any atom is -0.466 e. The van der Waals surface area contributed by atoms with Gasteiger partial charge < -0.3 is 9.84 Å². The number of esters is 1. The number of hydrogen-bond donors (Lipinski definition) is 1. The summed E-state index contributed by atoms with van der Waals surface area (Å²) in [7, 11) is 1.71. The van der Waals surface area contributed by atoms with E-state index in [-0.39, 0.29) is 6.42 Å². The molecule has 1 aromatic rings. The second-order valence-corrected chi connectivity index (χ2v) is 4.05. The Hall–Kier alpha value is -1.15. The molecule has 1 heterocycles. The Labute approximate surface area is 97.2 Å². The first-order valence-electron chi connectivity index (χ1n) is 4.82. The number of aliphatic hydroxyl groups is 1. The molecule has 8 heteroatoms. The molecule has 0 spiro atoms. The molecule has 0 aliphatic heterocycles. The highest BCUT2D eigenvalue weighted by atomic mass is 32.2. The SMILES string of the molecule is CCOC(=O)CC(O)CSc1nnnn1C. The van der Waals surface area contributed by atoms with Crippen molar-refractivity contribution in [1.82, 2.24) is 20.2 Å². The van der Waals surface area contributed by atoms with Gasteiger partial charge in [-0.1, -0.05) is 11.8 Å². The smallest absolute Gasteiger partial charge is 0.308 e. The van der Waals surface area contributed by atoms with Gasteiger partial charge in [-0.2, -0.15) is 0 Å². The first-order chi connectivity index (χ1) is 7.63. The van der Waals surface area contributed by atoms with Gasteiger partial charge in [0.05, 0.1) is 19.1 Å². The summed E-state index contributed by atoms with van der Waals surface area (Å²) in [5.74, 6) is -0.0424. The van der Waals surface area contributed by atoms with Crippen LogP contribution in [0.15, 0.2) is 5.16 Å². The van der Waals surface area contributed by atoms with E-state index >= 15 is 0 Å². The van der Waals surface area contributed by atoms with Crippen molar-refractivity contribution in [3.8, 4) is 0 Å². The molecule has 0 radical (unpaired) electrons. The lowest BCUT2D eigenvalue weighted by Crippen LogP contribution is -2.18. The maximum absolute atomic E-state index is 11.0.